The predicted molar refractivity (Wildman–Crippen MR) is 102 cm³/mol. The van der Waals surface area contributed by atoms with Crippen molar-refractivity contribution in [3.63, 3.8) is 0 Å². The predicted octanol–water partition coefficient (Wildman–Crippen LogP) is 1.76. The molecule has 25 heavy (non-hydrogen) atoms. The number of carbonyl (C=O) groups is 1. The zero-order valence-electron chi connectivity index (χ0n) is 15.5. The summed E-state index contributed by atoms with van der Waals surface area (Å²) in [7, 11) is 2.16. The molecule has 2 atom stereocenters. The molecule has 3 heterocycles. The van der Waals surface area contributed by atoms with Crippen molar-refractivity contribution in [1.82, 2.24) is 14.7 Å². The highest BCUT2D eigenvalue weighted by Crippen LogP contribution is 2.34. The van der Waals surface area contributed by atoms with E-state index in [0.717, 1.165) is 45.7 Å². The van der Waals surface area contributed by atoms with Crippen molar-refractivity contribution in [2.45, 2.75) is 38.2 Å². The SMILES string of the molecule is Cc1ccsc1[C@@H]1CCN(C(=O)CCN2CCCN(C)CC2)C[C@H]1O. The van der Waals surface area contributed by atoms with Crippen LogP contribution in [0.3, 0.4) is 0 Å². The summed E-state index contributed by atoms with van der Waals surface area (Å²) in [5.41, 5.74) is 1.26. The molecule has 0 spiro atoms. The number of aliphatic hydroxyl groups excluding tert-OH is 1. The Morgan fingerprint density at radius 1 is 1.28 bits per heavy atom. The Kier molecular flexibility index (Phi) is 6.49. The van der Waals surface area contributed by atoms with Crippen molar-refractivity contribution in [3.8, 4) is 0 Å². The van der Waals surface area contributed by atoms with E-state index >= 15 is 0 Å². The third kappa shape index (κ3) is 4.82. The Morgan fingerprint density at radius 2 is 2.12 bits per heavy atom. The maximum atomic E-state index is 12.6. The van der Waals surface area contributed by atoms with Crippen molar-refractivity contribution in [1.29, 1.82) is 0 Å². The minimum Gasteiger partial charge on any atom is -0.391 e. The summed E-state index contributed by atoms with van der Waals surface area (Å²) in [6.45, 7) is 8.54. The van der Waals surface area contributed by atoms with Crippen LogP contribution in [0.25, 0.3) is 0 Å². The third-order valence-corrected chi connectivity index (χ3v) is 6.78. The van der Waals surface area contributed by atoms with Crippen LogP contribution in [0.1, 0.15) is 35.6 Å². The molecular weight excluding hydrogens is 334 g/mol. The Balaban J connectivity index is 1.47. The lowest BCUT2D eigenvalue weighted by atomic mass is 9.90. The van der Waals surface area contributed by atoms with E-state index < -0.39 is 6.10 Å². The number of likely N-dealkylation sites (N-methyl/N-ethyl adjacent to an activating group) is 1. The Bertz CT molecular complexity index is 577. The first-order valence-electron chi connectivity index (χ1n) is 9.45. The van der Waals surface area contributed by atoms with E-state index in [1.807, 2.05) is 4.90 Å². The first-order chi connectivity index (χ1) is 12.0. The van der Waals surface area contributed by atoms with Gasteiger partial charge < -0.3 is 19.8 Å². The van der Waals surface area contributed by atoms with Crippen molar-refractivity contribution < 1.29 is 9.90 Å². The van der Waals surface area contributed by atoms with Crippen LogP contribution >= 0.6 is 11.3 Å². The van der Waals surface area contributed by atoms with E-state index in [9.17, 15) is 9.90 Å². The number of piperidine rings is 1. The molecule has 1 aromatic heterocycles. The lowest BCUT2D eigenvalue weighted by Gasteiger charge is -2.36. The van der Waals surface area contributed by atoms with Gasteiger partial charge in [0.2, 0.25) is 5.91 Å². The number of β-amino-alcohol motifs (C(OH)–C–C–N with tert-alkyl or cyclic N) is 1. The van der Waals surface area contributed by atoms with Gasteiger partial charge in [-0.1, -0.05) is 0 Å². The van der Waals surface area contributed by atoms with Crippen LogP contribution in [0.15, 0.2) is 11.4 Å². The number of nitrogens with zero attached hydrogens (tertiary/aromatic N) is 3. The van der Waals surface area contributed by atoms with Crippen molar-refractivity contribution in [3.05, 3.63) is 21.9 Å². The number of hydrogen-bond acceptors (Lipinski definition) is 5. The minimum atomic E-state index is -0.443. The van der Waals surface area contributed by atoms with Crippen LogP contribution in [0.2, 0.25) is 0 Å². The molecule has 0 aliphatic carbocycles. The molecular formula is C19H31N3O2S. The topological polar surface area (TPSA) is 47.0 Å². The molecule has 3 rings (SSSR count). The molecule has 2 saturated heterocycles. The van der Waals surface area contributed by atoms with Gasteiger partial charge in [-0.2, -0.15) is 0 Å². The molecule has 0 bridgehead atoms. The molecule has 140 valence electrons. The van der Waals surface area contributed by atoms with Gasteiger partial charge in [-0.05, 0) is 56.9 Å². The number of aryl methyl sites for hydroxylation is 1. The van der Waals surface area contributed by atoms with Gasteiger partial charge in [0, 0.05) is 49.9 Å². The van der Waals surface area contributed by atoms with Crippen LogP contribution in [0, 0.1) is 6.92 Å². The quantitative estimate of drug-likeness (QED) is 0.883. The highest BCUT2D eigenvalue weighted by Gasteiger charge is 2.32. The molecule has 2 fully saturated rings. The fraction of sp³-hybridized carbons (Fsp3) is 0.737. The van der Waals surface area contributed by atoms with Gasteiger partial charge in [0.1, 0.15) is 0 Å². The number of rotatable bonds is 4. The number of hydrogen-bond donors (Lipinski definition) is 1. The maximum absolute atomic E-state index is 12.6. The third-order valence-electron chi connectivity index (χ3n) is 5.63. The zero-order valence-corrected chi connectivity index (χ0v) is 16.3. The second-order valence-electron chi connectivity index (χ2n) is 7.52. The number of aliphatic hydroxyl groups is 1. The number of likely N-dealkylation sites (tertiary alicyclic amines) is 1. The molecule has 1 aromatic rings. The van der Waals surface area contributed by atoms with Gasteiger partial charge in [0.25, 0.3) is 0 Å². The summed E-state index contributed by atoms with van der Waals surface area (Å²) >= 11 is 1.73. The minimum absolute atomic E-state index is 0.185. The standard InChI is InChI=1S/C19H31N3O2S/c1-15-6-13-25-19(15)16-4-10-22(14-17(16)23)18(24)5-9-21-8-3-7-20(2)11-12-21/h6,13,16-17,23H,3-5,7-12,14H2,1-2H3/t16-,17-/m1/s1. The maximum Gasteiger partial charge on any atom is 0.223 e. The Morgan fingerprint density at radius 3 is 2.84 bits per heavy atom. The monoisotopic (exact) mass is 365 g/mol. The molecule has 0 saturated carbocycles. The molecule has 2 aliphatic rings. The Labute approximate surface area is 155 Å². The molecule has 0 aromatic carbocycles. The van der Waals surface area contributed by atoms with E-state index in [2.05, 4.69) is 35.2 Å². The van der Waals surface area contributed by atoms with Gasteiger partial charge in [-0.15, -0.1) is 11.3 Å². The highest BCUT2D eigenvalue weighted by molar-refractivity contribution is 7.10. The summed E-state index contributed by atoms with van der Waals surface area (Å²) in [6.07, 6.45) is 2.17. The lowest BCUT2D eigenvalue weighted by molar-refractivity contribution is -0.135. The van der Waals surface area contributed by atoms with Crippen molar-refractivity contribution in [2.24, 2.45) is 0 Å². The number of carbonyl (C=O) groups excluding carboxylic acids is 1. The first kappa shape index (κ1) is 18.8. The van der Waals surface area contributed by atoms with Crippen LogP contribution in [-0.4, -0.2) is 84.7 Å². The molecule has 0 radical (unpaired) electrons. The molecule has 6 heteroatoms. The van der Waals surface area contributed by atoms with E-state index in [0.29, 0.717) is 13.0 Å². The van der Waals surface area contributed by atoms with E-state index in [1.54, 1.807) is 11.3 Å². The summed E-state index contributed by atoms with van der Waals surface area (Å²) in [4.78, 5) is 20.5. The molecule has 2 aliphatic heterocycles. The lowest BCUT2D eigenvalue weighted by Crippen LogP contribution is -2.46. The number of thiophene rings is 1. The van der Waals surface area contributed by atoms with Gasteiger partial charge in [-0.25, -0.2) is 0 Å². The average molecular weight is 366 g/mol. The van der Waals surface area contributed by atoms with Crippen LogP contribution in [-0.2, 0) is 4.79 Å². The summed E-state index contributed by atoms with van der Waals surface area (Å²) < 4.78 is 0. The second kappa shape index (κ2) is 8.62. The summed E-state index contributed by atoms with van der Waals surface area (Å²) in [5.74, 6) is 0.378. The first-order valence-corrected chi connectivity index (χ1v) is 10.3. The summed E-state index contributed by atoms with van der Waals surface area (Å²) in [6, 6.07) is 2.11. The molecule has 5 nitrogen and oxygen atoms in total. The summed E-state index contributed by atoms with van der Waals surface area (Å²) in [5, 5.41) is 12.7. The highest BCUT2D eigenvalue weighted by atomic mass is 32.1. The smallest absolute Gasteiger partial charge is 0.223 e. The fourth-order valence-electron chi connectivity index (χ4n) is 3.96. The molecule has 1 amide bonds. The van der Waals surface area contributed by atoms with E-state index in [-0.39, 0.29) is 11.8 Å². The Hall–Kier alpha value is -0.950. The largest absolute Gasteiger partial charge is 0.391 e. The molecule has 0 unspecified atom stereocenters. The van der Waals surface area contributed by atoms with Crippen LogP contribution in [0.4, 0.5) is 0 Å². The van der Waals surface area contributed by atoms with Crippen LogP contribution in [0.5, 0.6) is 0 Å². The van der Waals surface area contributed by atoms with Crippen molar-refractivity contribution in [2.75, 3.05) is 52.9 Å². The zero-order chi connectivity index (χ0) is 17.8. The van der Waals surface area contributed by atoms with Gasteiger partial charge in [0.05, 0.1) is 6.10 Å². The van der Waals surface area contributed by atoms with Gasteiger partial charge in [0.15, 0.2) is 0 Å². The van der Waals surface area contributed by atoms with Crippen molar-refractivity contribution >= 4 is 17.2 Å². The fourth-order valence-corrected chi connectivity index (χ4v) is 5.09. The van der Waals surface area contributed by atoms with E-state index in [1.165, 1.54) is 16.9 Å². The van der Waals surface area contributed by atoms with Gasteiger partial charge >= 0.3 is 0 Å². The number of amides is 1. The normalized spacial score (nSPS) is 26.6. The van der Waals surface area contributed by atoms with Gasteiger partial charge in [-0.3, -0.25) is 4.79 Å². The average Bonchev–Trinajstić information content (AvgIpc) is 2.90. The van der Waals surface area contributed by atoms with Crippen LogP contribution < -0.4 is 0 Å². The second-order valence-corrected chi connectivity index (χ2v) is 8.47. The molecule has 1 N–H and O–H groups in total. The van der Waals surface area contributed by atoms with E-state index in [4.69, 9.17) is 0 Å².